The van der Waals surface area contributed by atoms with Gasteiger partial charge >= 0.3 is 12.0 Å². The van der Waals surface area contributed by atoms with E-state index >= 15 is 0 Å². The number of rotatable bonds is 7. The van der Waals surface area contributed by atoms with Crippen LogP contribution in [0.15, 0.2) is 24.3 Å². The standard InChI is InChI=1S/C19H25N3O4/c23-17-13-21(12-9-15-7-10-20-11-8-15)19(26)22(17)16-4-1-14(2-5-16)3-6-18(24)25/h1-2,4-5,15,20H,3,6-13H2,(H,24,25). The number of urea groups is 1. The maximum Gasteiger partial charge on any atom is 0.331 e. The summed E-state index contributed by atoms with van der Waals surface area (Å²) >= 11 is 0. The van der Waals surface area contributed by atoms with Crippen molar-refractivity contribution in [2.45, 2.75) is 32.1 Å². The molecule has 3 rings (SSSR count). The van der Waals surface area contributed by atoms with Crippen LogP contribution >= 0.6 is 0 Å². The third-order valence-corrected chi connectivity index (χ3v) is 5.13. The summed E-state index contributed by atoms with van der Waals surface area (Å²) in [5.74, 6) is -0.441. The first-order valence-corrected chi connectivity index (χ1v) is 9.18. The smallest absolute Gasteiger partial charge is 0.331 e. The van der Waals surface area contributed by atoms with Gasteiger partial charge < -0.3 is 15.3 Å². The summed E-state index contributed by atoms with van der Waals surface area (Å²) in [6, 6.07) is 6.71. The number of benzene rings is 1. The Morgan fingerprint density at radius 1 is 1.15 bits per heavy atom. The van der Waals surface area contributed by atoms with E-state index in [1.165, 1.54) is 4.90 Å². The fourth-order valence-electron chi connectivity index (χ4n) is 3.55. The van der Waals surface area contributed by atoms with Crippen LogP contribution in [0.25, 0.3) is 0 Å². The summed E-state index contributed by atoms with van der Waals surface area (Å²) < 4.78 is 0. The summed E-state index contributed by atoms with van der Waals surface area (Å²) in [5.41, 5.74) is 1.42. The average molecular weight is 359 g/mol. The zero-order valence-corrected chi connectivity index (χ0v) is 14.8. The van der Waals surface area contributed by atoms with E-state index in [4.69, 9.17) is 5.11 Å². The topological polar surface area (TPSA) is 89.9 Å². The number of carbonyl (C=O) groups is 3. The van der Waals surface area contributed by atoms with Gasteiger partial charge in [0.1, 0.15) is 6.54 Å². The van der Waals surface area contributed by atoms with Gasteiger partial charge in [-0.2, -0.15) is 0 Å². The SMILES string of the molecule is O=C(O)CCc1ccc(N2C(=O)CN(CCC3CCNCC3)C2=O)cc1. The first-order chi connectivity index (χ1) is 12.5. The molecule has 2 N–H and O–H groups in total. The Hall–Kier alpha value is -2.41. The number of hydrogen-bond donors (Lipinski definition) is 2. The second-order valence-electron chi connectivity index (χ2n) is 6.98. The Balaban J connectivity index is 1.58. The van der Waals surface area contributed by atoms with Crippen molar-refractivity contribution in [3.63, 3.8) is 0 Å². The zero-order chi connectivity index (χ0) is 18.5. The number of anilines is 1. The lowest BCUT2D eigenvalue weighted by Crippen LogP contribution is -2.35. The van der Waals surface area contributed by atoms with E-state index in [1.54, 1.807) is 29.2 Å². The van der Waals surface area contributed by atoms with E-state index in [0.29, 0.717) is 24.6 Å². The van der Waals surface area contributed by atoms with Crippen LogP contribution < -0.4 is 10.2 Å². The van der Waals surface area contributed by atoms with Crippen molar-refractivity contribution in [1.82, 2.24) is 10.2 Å². The third-order valence-electron chi connectivity index (χ3n) is 5.13. The maximum absolute atomic E-state index is 12.6. The Morgan fingerprint density at radius 2 is 1.85 bits per heavy atom. The predicted octanol–water partition coefficient (Wildman–Crippen LogP) is 1.86. The highest BCUT2D eigenvalue weighted by Crippen LogP contribution is 2.24. The quantitative estimate of drug-likeness (QED) is 0.726. The van der Waals surface area contributed by atoms with E-state index in [-0.39, 0.29) is 24.9 Å². The number of aryl methyl sites for hydroxylation is 1. The number of piperidine rings is 1. The van der Waals surface area contributed by atoms with Crippen LogP contribution in [0.5, 0.6) is 0 Å². The van der Waals surface area contributed by atoms with Gasteiger partial charge in [-0.25, -0.2) is 9.69 Å². The van der Waals surface area contributed by atoms with Gasteiger partial charge in [0.15, 0.2) is 0 Å². The van der Waals surface area contributed by atoms with Crippen molar-refractivity contribution in [2.24, 2.45) is 5.92 Å². The fraction of sp³-hybridized carbons (Fsp3) is 0.526. The molecule has 1 aromatic rings. The summed E-state index contributed by atoms with van der Waals surface area (Å²) in [6.07, 6.45) is 3.67. The second kappa shape index (κ2) is 8.31. The third kappa shape index (κ3) is 4.40. The minimum atomic E-state index is -0.844. The number of carboxylic acids is 1. The molecule has 0 atom stereocenters. The summed E-state index contributed by atoms with van der Waals surface area (Å²) in [4.78, 5) is 38.4. The van der Waals surface area contributed by atoms with Crippen LogP contribution in [0.1, 0.15) is 31.2 Å². The molecular formula is C19H25N3O4. The molecule has 2 fully saturated rings. The largest absolute Gasteiger partial charge is 0.481 e. The predicted molar refractivity (Wildman–Crippen MR) is 97.1 cm³/mol. The minimum absolute atomic E-state index is 0.0609. The molecule has 1 aromatic carbocycles. The van der Waals surface area contributed by atoms with E-state index in [0.717, 1.165) is 37.9 Å². The van der Waals surface area contributed by atoms with Crippen molar-refractivity contribution in [3.05, 3.63) is 29.8 Å². The van der Waals surface area contributed by atoms with Crippen LogP contribution in [0.2, 0.25) is 0 Å². The monoisotopic (exact) mass is 359 g/mol. The normalized spacial score (nSPS) is 18.6. The van der Waals surface area contributed by atoms with Gasteiger partial charge in [-0.3, -0.25) is 9.59 Å². The highest BCUT2D eigenvalue weighted by molar-refractivity contribution is 6.19. The van der Waals surface area contributed by atoms with E-state index in [2.05, 4.69) is 5.32 Å². The lowest BCUT2D eigenvalue weighted by atomic mass is 9.94. The van der Waals surface area contributed by atoms with Crippen molar-refractivity contribution in [3.8, 4) is 0 Å². The van der Waals surface area contributed by atoms with Crippen molar-refractivity contribution in [1.29, 1.82) is 0 Å². The lowest BCUT2D eigenvalue weighted by molar-refractivity contribution is -0.137. The molecule has 0 radical (unpaired) electrons. The van der Waals surface area contributed by atoms with Gasteiger partial charge in [0.25, 0.3) is 5.91 Å². The first-order valence-electron chi connectivity index (χ1n) is 9.18. The number of carbonyl (C=O) groups excluding carboxylic acids is 2. The van der Waals surface area contributed by atoms with Crippen LogP contribution in [0, 0.1) is 5.92 Å². The van der Waals surface area contributed by atoms with Crippen molar-refractivity contribution < 1.29 is 19.5 Å². The number of nitrogens with zero attached hydrogens (tertiary/aromatic N) is 2. The molecule has 0 saturated carbocycles. The van der Waals surface area contributed by atoms with Crippen LogP contribution in [-0.2, 0) is 16.0 Å². The Kier molecular flexibility index (Phi) is 5.88. The molecule has 2 aliphatic rings. The molecule has 3 amide bonds. The highest BCUT2D eigenvalue weighted by atomic mass is 16.4. The number of imide groups is 1. The molecule has 0 spiro atoms. The molecule has 7 nitrogen and oxygen atoms in total. The molecule has 0 aliphatic carbocycles. The number of aliphatic carboxylic acids is 1. The molecular weight excluding hydrogens is 334 g/mol. The van der Waals surface area contributed by atoms with Gasteiger partial charge in [0, 0.05) is 13.0 Å². The molecule has 2 aliphatic heterocycles. The Labute approximate surface area is 153 Å². The second-order valence-corrected chi connectivity index (χ2v) is 6.98. The average Bonchev–Trinajstić information content (AvgIpc) is 2.93. The van der Waals surface area contributed by atoms with Crippen LogP contribution in [-0.4, -0.2) is 54.1 Å². The van der Waals surface area contributed by atoms with E-state index in [1.807, 2.05) is 0 Å². The zero-order valence-electron chi connectivity index (χ0n) is 14.8. The molecule has 26 heavy (non-hydrogen) atoms. The fourth-order valence-corrected chi connectivity index (χ4v) is 3.55. The van der Waals surface area contributed by atoms with Gasteiger partial charge in [-0.05, 0) is 62.4 Å². The first kappa shape index (κ1) is 18.4. The Bertz CT molecular complexity index is 668. The van der Waals surface area contributed by atoms with Crippen LogP contribution in [0.3, 0.4) is 0 Å². The van der Waals surface area contributed by atoms with E-state index in [9.17, 15) is 14.4 Å². The molecule has 2 saturated heterocycles. The van der Waals surface area contributed by atoms with Gasteiger partial charge in [0.2, 0.25) is 0 Å². The molecule has 0 unspecified atom stereocenters. The van der Waals surface area contributed by atoms with Crippen molar-refractivity contribution in [2.75, 3.05) is 31.1 Å². The van der Waals surface area contributed by atoms with E-state index < -0.39 is 5.97 Å². The minimum Gasteiger partial charge on any atom is -0.481 e. The molecule has 0 bridgehead atoms. The lowest BCUT2D eigenvalue weighted by Gasteiger charge is -2.24. The number of nitrogens with one attached hydrogen (secondary N) is 1. The number of hydrogen-bond acceptors (Lipinski definition) is 4. The molecule has 140 valence electrons. The summed E-state index contributed by atoms with van der Waals surface area (Å²) in [6.45, 7) is 2.79. The van der Waals surface area contributed by atoms with Crippen LogP contribution in [0.4, 0.5) is 10.5 Å². The molecule has 7 heteroatoms. The van der Waals surface area contributed by atoms with Gasteiger partial charge in [-0.15, -0.1) is 0 Å². The van der Waals surface area contributed by atoms with Gasteiger partial charge in [-0.1, -0.05) is 12.1 Å². The number of carboxylic acid groups (broad SMARTS) is 1. The Morgan fingerprint density at radius 3 is 2.50 bits per heavy atom. The molecule has 2 heterocycles. The number of amides is 3. The summed E-state index contributed by atoms with van der Waals surface area (Å²) in [5, 5.41) is 12.1. The molecule has 0 aromatic heterocycles. The highest BCUT2D eigenvalue weighted by Gasteiger charge is 2.37. The van der Waals surface area contributed by atoms with Crippen molar-refractivity contribution >= 4 is 23.6 Å². The van der Waals surface area contributed by atoms with Gasteiger partial charge in [0.05, 0.1) is 5.69 Å². The summed E-state index contributed by atoms with van der Waals surface area (Å²) in [7, 11) is 0. The maximum atomic E-state index is 12.6.